The van der Waals surface area contributed by atoms with Crippen LogP contribution in [-0.4, -0.2) is 29.5 Å². The van der Waals surface area contributed by atoms with Crippen LogP contribution >= 0.6 is 0 Å². The molecule has 2 heterocycles. The first-order chi connectivity index (χ1) is 10.2. The van der Waals surface area contributed by atoms with Crippen LogP contribution in [0.3, 0.4) is 0 Å². The summed E-state index contributed by atoms with van der Waals surface area (Å²) in [7, 11) is 0. The molecule has 1 aliphatic heterocycles. The lowest BCUT2D eigenvalue weighted by Crippen LogP contribution is -2.43. The van der Waals surface area contributed by atoms with Gasteiger partial charge in [0, 0.05) is 18.2 Å². The zero-order valence-corrected chi connectivity index (χ0v) is 11.8. The van der Waals surface area contributed by atoms with Gasteiger partial charge < -0.3 is 9.73 Å². The zero-order valence-electron chi connectivity index (χ0n) is 11.8. The van der Waals surface area contributed by atoms with Crippen molar-refractivity contribution in [3.8, 4) is 11.5 Å². The molecule has 1 fully saturated rings. The summed E-state index contributed by atoms with van der Waals surface area (Å²) in [5, 5.41) is 2.98. The molecule has 6 nitrogen and oxygen atoms in total. The van der Waals surface area contributed by atoms with Gasteiger partial charge >= 0.3 is 0 Å². The van der Waals surface area contributed by atoms with Crippen LogP contribution in [-0.2, 0) is 11.2 Å². The van der Waals surface area contributed by atoms with Crippen molar-refractivity contribution in [2.75, 3.05) is 6.54 Å². The average molecular weight is 286 g/mol. The van der Waals surface area contributed by atoms with E-state index in [9.17, 15) is 4.79 Å². The lowest BCUT2D eigenvalue weighted by atomic mass is 10.1. The summed E-state index contributed by atoms with van der Waals surface area (Å²) >= 11 is 0. The Kier molecular flexibility index (Phi) is 3.98. The van der Waals surface area contributed by atoms with E-state index in [4.69, 9.17) is 4.42 Å². The SMILES string of the molecule is CC1NNCC1NC(=O)Cc1coc(-c2ccccc2)n1. The lowest BCUT2D eigenvalue weighted by Gasteiger charge is -2.15. The Morgan fingerprint density at radius 2 is 2.24 bits per heavy atom. The highest BCUT2D eigenvalue weighted by Gasteiger charge is 2.24. The summed E-state index contributed by atoms with van der Waals surface area (Å²) in [6.07, 6.45) is 1.76. The van der Waals surface area contributed by atoms with E-state index < -0.39 is 0 Å². The fourth-order valence-electron chi connectivity index (χ4n) is 2.31. The third-order valence-corrected chi connectivity index (χ3v) is 3.52. The number of oxazole rings is 1. The fraction of sp³-hybridized carbons (Fsp3) is 0.333. The van der Waals surface area contributed by atoms with Gasteiger partial charge in [-0.15, -0.1) is 0 Å². The molecule has 6 heteroatoms. The van der Waals surface area contributed by atoms with Crippen LogP contribution in [0.1, 0.15) is 12.6 Å². The number of nitrogens with one attached hydrogen (secondary N) is 3. The zero-order chi connectivity index (χ0) is 14.7. The van der Waals surface area contributed by atoms with Crippen molar-refractivity contribution in [2.24, 2.45) is 0 Å². The predicted molar refractivity (Wildman–Crippen MR) is 78.2 cm³/mol. The maximum Gasteiger partial charge on any atom is 0.226 e. The highest BCUT2D eigenvalue weighted by atomic mass is 16.3. The molecule has 3 N–H and O–H groups in total. The van der Waals surface area contributed by atoms with E-state index in [1.165, 1.54) is 6.26 Å². The standard InChI is InChI=1S/C15H18N4O2/c1-10-13(8-16-19-10)18-14(20)7-12-9-21-15(17-12)11-5-3-2-4-6-11/h2-6,9-10,13,16,19H,7-8H2,1H3,(H,18,20). The van der Waals surface area contributed by atoms with Crippen molar-refractivity contribution in [1.82, 2.24) is 21.2 Å². The molecule has 110 valence electrons. The molecule has 2 aromatic rings. The van der Waals surface area contributed by atoms with Gasteiger partial charge in [-0.3, -0.25) is 15.6 Å². The van der Waals surface area contributed by atoms with Gasteiger partial charge in [-0.2, -0.15) is 0 Å². The van der Waals surface area contributed by atoms with Gasteiger partial charge in [0.2, 0.25) is 11.8 Å². The van der Waals surface area contributed by atoms with Crippen molar-refractivity contribution in [3.63, 3.8) is 0 Å². The minimum Gasteiger partial charge on any atom is -0.444 e. The summed E-state index contributed by atoms with van der Waals surface area (Å²) in [4.78, 5) is 16.4. The Morgan fingerprint density at radius 1 is 1.43 bits per heavy atom. The number of rotatable bonds is 4. The van der Waals surface area contributed by atoms with Gasteiger partial charge in [-0.25, -0.2) is 4.98 Å². The Hall–Kier alpha value is -2.18. The molecule has 0 aliphatic carbocycles. The van der Waals surface area contributed by atoms with E-state index in [1.54, 1.807) is 0 Å². The molecule has 1 aromatic carbocycles. The van der Waals surface area contributed by atoms with Crippen LogP contribution in [0.4, 0.5) is 0 Å². The second kappa shape index (κ2) is 6.07. The molecule has 1 aliphatic rings. The van der Waals surface area contributed by atoms with Crippen LogP contribution in [0.2, 0.25) is 0 Å². The van der Waals surface area contributed by atoms with Crippen LogP contribution < -0.4 is 16.2 Å². The van der Waals surface area contributed by atoms with Crippen LogP contribution in [0.5, 0.6) is 0 Å². The van der Waals surface area contributed by atoms with Crippen LogP contribution in [0.25, 0.3) is 11.5 Å². The Balaban J connectivity index is 1.61. The summed E-state index contributed by atoms with van der Waals surface area (Å²) < 4.78 is 5.43. The number of carbonyl (C=O) groups is 1. The number of benzene rings is 1. The largest absolute Gasteiger partial charge is 0.444 e. The molecule has 1 amide bonds. The van der Waals surface area contributed by atoms with E-state index in [-0.39, 0.29) is 24.4 Å². The van der Waals surface area contributed by atoms with Gasteiger partial charge in [0.1, 0.15) is 6.26 Å². The van der Waals surface area contributed by atoms with Gasteiger partial charge in [0.05, 0.1) is 18.2 Å². The van der Waals surface area contributed by atoms with E-state index in [1.807, 2.05) is 37.3 Å². The predicted octanol–water partition coefficient (Wildman–Crippen LogP) is 0.865. The molecule has 0 saturated carbocycles. The number of hydrogen-bond acceptors (Lipinski definition) is 5. The third-order valence-electron chi connectivity index (χ3n) is 3.52. The van der Waals surface area contributed by atoms with Crippen molar-refractivity contribution in [2.45, 2.75) is 25.4 Å². The van der Waals surface area contributed by atoms with Crippen molar-refractivity contribution < 1.29 is 9.21 Å². The van der Waals surface area contributed by atoms with Crippen molar-refractivity contribution in [1.29, 1.82) is 0 Å². The molecule has 0 radical (unpaired) electrons. The normalized spacial score (nSPS) is 21.4. The van der Waals surface area contributed by atoms with Crippen LogP contribution in [0, 0.1) is 0 Å². The van der Waals surface area contributed by atoms with Crippen molar-refractivity contribution >= 4 is 5.91 Å². The number of hydrazine groups is 1. The molecule has 3 rings (SSSR count). The quantitative estimate of drug-likeness (QED) is 0.777. The summed E-state index contributed by atoms with van der Waals surface area (Å²) in [5.74, 6) is 0.487. The summed E-state index contributed by atoms with van der Waals surface area (Å²) in [6.45, 7) is 2.75. The maximum absolute atomic E-state index is 12.0. The molecule has 0 spiro atoms. The smallest absolute Gasteiger partial charge is 0.226 e. The number of amides is 1. The highest BCUT2D eigenvalue weighted by molar-refractivity contribution is 5.78. The van der Waals surface area contributed by atoms with Gasteiger partial charge in [-0.05, 0) is 19.1 Å². The second-order valence-electron chi connectivity index (χ2n) is 5.17. The summed E-state index contributed by atoms with van der Waals surface area (Å²) in [5.41, 5.74) is 7.63. The molecule has 21 heavy (non-hydrogen) atoms. The van der Waals surface area contributed by atoms with E-state index in [2.05, 4.69) is 21.2 Å². The molecule has 2 atom stereocenters. The van der Waals surface area contributed by atoms with Gasteiger partial charge in [-0.1, -0.05) is 18.2 Å². The first-order valence-corrected chi connectivity index (χ1v) is 7.00. The molecule has 1 aromatic heterocycles. The summed E-state index contributed by atoms with van der Waals surface area (Å²) in [6, 6.07) is 9.94. The van der Waals surface area contributed by atoms with E-state index in [0.717, 1.165) is 12.1 Å². The maximum atomic E-state index is 12.0. The number of carbonyl (C=O) groups excluding carboxylic acids is 1. The lowest BCUT2D eigenvalue weighted by molar-refractivity contribution is -0.121. The molecule has 1 saturated heterocycles. The Morgan fingerprint density at radius 3 is 2.95 bits per heavy atom. The first-order valence-electron chi connectivity index (χ1n) is 7.00. The number of nitrogens with zero attached hydrogens (tertiary/aromatic N) is 1. The Bertz CT molecular complexity index is 611. The molecular weight excluding hydrogens is 268 g/mol. The average Bonchev–Trinajstić information content (AvgIpc) is 3.10. The second-order valence-corrected chi connectivity index (χ2v) is 5.17. The molecule has 2 unspecified atom stereocenters. The van der Waals surface area contributed by atoms with E-state index in [0.29, 0.717) is 11.6 Å². The number of aromatic nitrogens is 1. The monoisotopic (exact) mass is 286 g/mol. The fourth-order valence-corrected chi connectivity index (χ4v) is 2.31. The topological polar surface area (TPSA) is 79.2 Å². The highest BCUT2D eigenvalue weighted by Crippen LogP contribution is 2.18. The van der Waals surface area contributed by atoms with E-state index >= 15 is 0 Å². The molecular formula is C15H18N4O2. The third kappa shape index (κ3) is 3.29. The van der Waals surface area contributed by atoms with Crippen molar-refractivity contribution in [3.05, 3.63) is 42.3 Å². The molecule has 0 bridgehead atoms. The Labute approximate surface area is 122 Å². The van der Waals surface area contributed by atoms with Crippen LogP contribution in [0.15, 0.2) is 41.0 Å². The first kappa shape index (κ1) is 13.8. The minimum atomic E-state index is -0.0507. The number of hydrogen-bond donors (Lipinski definition) is 3. The van der Waals surface area contributed by atoms with Gasteiger partial charge in [0.15, 0.2) is 0 Å². The minimum absolute atomic E-state index is 0.0507. The van der Waals surface area contributed by atoms with Gasteiger partial charge in [0.25, 0.3) is 0 Å².